The molecule has 10 nitrogen and oxygen atoms in total. The molecule has 12 aromatic carbocycles. The van der Waals surface area contributed by atoms with E-state index in [0.717, 1.165) is 71.7 Å². The van der Waals surface area contributed by atoms with Crippen LogP contribution in [0.2, 0.25) is 5.02 Å². The van der Waals surface area contributed by atoms with Crippen molar-refractivity contribution in [2.75, 3.05) is 0 Å². The molecule has 4 aromatic heterocycles. The van der Waals surface area contributed by atoms with Gasteiger partial charge >= 0.3 is 7.12 Å². The van der Waals surface area contributed by atoms with Gasteiger partial charge < -0.3 is 18.1 Å². The van der Waals surface area contributed by atoms with Crippen molar-refractivity contribution in [1.29, 1.82) is 0 Å². The van der Waals surface area contributed by atoms with Crippen LogP contribution >= 0.6 is 11.6 Å². The summed E-state index contributed by atoms with van der Waals surface area (Å²) in [6, 6.07) is 96.5. The maximum absolute atomic E-state index is 7.00. The lowest BCUT2D eigenvalue weighted by molar-refractivity contribution is 0.00578. The lowest BCUT2D eigenvalue weighted by atomic mass is 9.66. The van der Waals surface area contributed by atoms with Crippen LogP contribution in [0.4, 0.5) is 0 Å². The number of rotatable bonds is 8. The normalized spacial score (nSPS) is 16.0. The zero-order valence-corrected chi connectivity index (χ0v) is 61.7. The fraction of sp³-hybridized carbons (Fsp3) is 0.188. The summed E-state index contributed by atoms with van der Waals surface area (Å²) in [4.78, 5) is 29.4. The third-order valence-electron chi connectivity index (χ3n) is 23.7. The van der Waals surface area contributed by atoms with Crippen LogP contribution in [0.3, 0.4) is 0 Å². The summed E-state index contributed by atoms with van der Waals surface area (Å²) in [5.74, 6) is 3.63. The van der Waals surface area contributed by atoms with Gasteiger partial charge in [-0.2, -0.15) is 0 Å². The molecule has 21 rings (SSSR count). The minimum absolute atomic E-state index is 0.0980. The Morgan fingerprint density at radius 2 is 0.593 bits per heavy atom. The van der Waals surface area contributed by atoms with Crippen LogP contribution < -0.4 is 5.46 Å². The molecule has 16 aromatic rings. The van der Waals surface area contributed by atoms with Gasteiger partial charge in [0, 0.05) is 60.2 Å². The predicted molar refractivity (Wildman–Crippen MR) is 438 cm³/mol. The lowest BCUT2D eigenvalue weighted by Crippen LogP contribution is -2.41. The van der Waals surface area contributed by atoms with Crippen molar-refractivity contribution in [1.82, 2.24) is 29.9 Å². The molecular weight excluding hydrogens is 1350 g/mol. The quantitative estimate of drug-likeness (QED) is 0.136. The third-order valence-corrected chi connectivity index (χ3v) is 24.0. The molecule has 0 bridgehead atoms. The molecule has 0 N–H and O–H groups in total. The zero-order valence-electron chi connectivity index (χ0n) is 60.9. The van der Waals surface area contributed by atoms with Crippen molar-refractivity contribution in [2.24, 2.45) is 0 Å². The SMILES string of the molecule is CC1(C)OB(c2cccc3c2-c2ccccc2C32CCCCC2)OC1(C)C.Clc1cccc2c1oc1c(-c3nc(-c4ccccc4)nc(-c4ccccc4)n3)cccc12.c1ccc(-c2nc(-c3ccccc3)nc(-c3cccc4c3oc3c(-c5cccc6c5-c5ccccc5C65CCCCC5)cccc34)n2)cc1. The van der Waals surface area contributed by atoms with Crippen LogP contribution in [-0.2, 0) is 20.1 Å². The average molecular weight is 1430 g/mol. The molecule has 526 valence electrons. The highest BCUT2D eigenvalue weighted by molar-refractivity contribution is 6.64. The maximum Gasteiger partial charge on any atom is 0.495 e. The van der Waals surface area contributed by atoms with Crippen LogP contribution in [0.25, 0.3) is 146 Å². The number of hydrogen-bond acceptors (Lipinski definition) is 10. The largest absolute Gasteiger partial charge is 0.495 e. The lowest BCUT2D eigenvalue weighted by Gasteiger charge is -2.36. The summed E-state index contributed by atoms with van der Waals surface area (Å²) in [5, 5.41) is 4.66. The summed E-state index contributed by atoms with van der Waals surface area (Å²) in [7, 11) is -0.309. The second kappa shape index (κ2) is 27.1. The number of fused-ring (bicyclic) bond motifs is 16. The molecular formula is C96H78BClN6O4. The monoisotopic (exact) mass is 1420 g/mol. The first-order valence-corrected chi connectivity index (χ1v) is 38.4. The van der Waals surface area contributed by atoms with Crippen LogP contribution in [-0.4, -0.2) is 48.2 Å². The molecule has 2 saturated carbocycles. The van der Waals surface area contributed by atoms with E-state index in [1.165, 1.54) is 120 Å². The van der Waals surface area contributed by atoms with E-state index >= 15 is 0 Å². The van der Waals surface area contributed by atoms with Crippen molar-refractivity contribution < 1.29 is 18.1 Å². The fourth-order valence-corrected chi connectivity index (χ4v) is 18.1. The highest BCUT2D eigenvalue weighted by atomic mass is 35.5. The molecule has 108 heavy (non-hydrogen) atoms. The molecule has 1 aliphatic heterocycles. The van der Waals surface area contributed by atoms with Gasteiger partial charge in [0.2, 0.25) is 0 Å². The van der Waals surface area contributed by atoms with Gasteiger partial charge in [0.1, 0.15) is 16.7 Å². The van der Waals surface area contributed by atoms with Crippen LogP contribution in [0.15, 0.2) is 288 Å². The Morgan fingerprint density at radius 1 is 0.278 bits per heavy atom. The van der Waals surface area contributed by atoms with Crippen molar-refractivity contribution in [3.8, 4) is 102 Å². The summed E-state index contributed by atoms with van der Waals surface area (Å²) in [6.45, 7) is 8.53. The van der Waals surface area contributed by atoms with Gasteiger partial charge in [-0.15, -0.1) is 0 Å². The summed E-state index contributed by atoms with van der Waals surface area (Å²) in [6.07, 6.45) is 12.8. The Kier molecular flexibility index (Phi) is 16.8. The number of aromatic nitrogens is 6. The molecule has 0 unspecified atom stereocenters. The number of nitrogens with zero attached hydrogens (tertiary/aromatic N) is 6. The summed E-state index contributed by atoms with van der Waals surface area (Å²) in [5.41, 5.74) is 23.1. The van der Waals surface area contributed by atoms with Gasteiger partial charge in [-0.1, -0.05) is 311 Å². The van der Waals surface area contributed by atoms with E-state index in [2.05, 4.69) is 149 Å². The van der Waals surface area contributed by atoms with Gasteiger partial charge in [0.05, 0.1) is 27.4 Å². The van der Waals surface area contributed by atoms with Gasteiger partial charge in [-0.25, -0.2) is 29.9 Å². The highest BCUT2D eigenvalue weighted by Gasteiger charge is 2.54. The number of halogens is 1. The molecule has 5 aliphatic rings. The molecule has 2 spiro atoms. The van der Waals surface area contributed by atoms with Crippen molar-refractivity contribution in [2.45, 2.75) is 114 Å². The average Bonchev–Trinajstić information content (AvgIpc) is 1.56. The van der Waals surface area contributed by atoms with E-state index < -0.39 is 0 Å². The Balaban J connectivity index is 0.000000117. The molecule has 5 heterocycles. The number of furan rings is 2. The van der Waals surface area contributed by atoms with E-state index in [1.54, 1.807) is 0 Å². The molecule has 1 saturated heterocycles. The first kappa shape index (κ1) is 67.2. The Hall–Kier alpha value is -11.5. The first-order valence-electron chi connectivity index (χ1n) is 38.0. The van der Waals surface area contributed by atoms with Crippen molar-refractivity contribution >= 4 is 68.1 Å². The predicted octanol–water partition coefficient (Wildman–Crippen LogP) is 24.3. The first-order chi connectivity index (χ1) is 52.9. The van der Waals surface area contributed by atoms with Crippen LogP contribution in [0.5, 0.6) is 0 Å². The van der Waals surface area contributed by atoms with Gasteiger partial charge in [0.25, 0.3) is 0 Å². The van der Waals surface area contributed by atoms with Gasteiger partial charge in [-0.05, 0) is 127 Å². The summed E-state index contributed by atoms with van der Waals surface area (Å²) < 4.78 is 26.1. The molecule has 0 atom stereocenters. The standard InChI is InChI=1S/C45H33N3O.C27H16ClN3O.C24H29BO2/c1-4-15-29(16-5-1)42-46-43(30-17-6-2-7-18-30)48-44(47-42)36-24-13-23-34-33-22-12-21-32(40(33)49-41(34)36)31-20-14-26-38-39(31)35-19-8-9-25-37(35)45(38)27-10-3-11-28-45;28-22-16-8-14-20-19-13-7-15-21(23(19)32-24(20)22)27-30-25(17-9-3-1-4-10-17)29-26(31-27)18-11-5-2-6-12-18;1-22(2)23(3,4)27-25(26-22)20-14-10-13-19-21(20)17-11-6-7-12-18(17)24(19)15-8-5-9-16-24/h1-2,4-9,12-26H,3,10-11,27-28H2;1-16H;6-7,10-14H,5,8-9,15-16H2,1-4H3. The Bertz CT molecular complexity index is 6000. The van der Waals surface area contributed by atoms with Gasteiger partial charge in [0.15, 0.2) is 40.5 Å². The van der Waals surface area contributed by atoms with Crippen molar-refractivity contribution in [3.63, 3.8) is 0 Å². The van der Waals surface area contributed by atoms with E-state index in [-0.39, 0.29) is 29.2 Å². The number of benzene rings is 12. The Labute approximate surface area is 634 Å². The van der Waals surface area contributed by atoms with E-state index in [0.29, 0.717) is 51.1 Å². The van der Waals surface area contributed by atoms with Crippen LogP contribution in [0.1, 0.15) is 114 Å². The molecule has 0 radical (unpaired) electrons. The second-order valence-electron chi connectivity index (χ2n) is 30.4. The zero-order chi connectivity index (χ0) is 72.7. The Morgan fingerprint density at radius 3 is 1.05 bits per heavy atom. The highest BCUT2D eigenvalue weighted by Crippen LogP contribution is 2.59. The van der Waals surface area contributed by atoms with E-state index in [4.69, 9.17) is 59.6 Å². The second-order valence-corrected chi connectivity index (χ2v) is 30.8. The molecule has 0 amide bonds. The molecule has 12 heteroatoms. The minimum Gasteiger partial charge on any atom is -0.455 e. The number of hydrogen-bond donors (Lipinski definition) is 0. The van der Waals surface area contributed by atoms with Gasteiger partial charge in [-0.3, -0.25) is 0 Å². The molecule has 4 aliphatic carbocycles. The molecule has 3 fully saturated rings. The minimum atomic E-state index is -0.318. The fourth-order valence-electron chi connectivity index (χ4n) is 17.8. The topological polar surface area (TPSA) is 122 Å². The van der Waals surface area contributed by atoms with E-state index in [9.17, 15) is 0 Å². The maximum atomic E-state index is 7.00. The van der Waals surface area contributed by atoms with E-state index in [1.807, 2.05) is 158 Å². The third kappa shape index (κ3) is 11.4. The van der Waals surface area contributed by atoms with Crippen LogP contribution in [0, 0.1) is 0 Å². The van der Waals surface area contributed by atoms with Crippen molar-refractivity contribution in [3.05, 3.63) is 306 Å². The smallest absolute Gasteiger partial charge is 0.455 e. The number of para-hydroxylation sites is 4. The summed E-state index contributed by atoms with van der Waals surface area (Å²) >= 11 is 6.40.